The summed E-state index contributed by atoms with van der Waals surface area (Å²) in [6, 6.07) is 12.6. The van der Waals surface area contributed by atoms with Crippen molar-refractivity contribution in [2.75, 3.05) is 5.32 Å². The minimum Gasteiger partial charge on any atom is -0.324 e. The largest absolute Gasteiger partial charge is 0.324 e. The minimum atomic E-state index is -1.04. The van der Waals surface area contributed by atoms with Crippen LogP contribution >= 0.6 is 0 Å². The first-order valence-corrected chi connectivity index (χ1v) is 11.0. The summed E-state index contributed by atoms with van der Waals surface area (Å²) in [5.74, 6) is -1.86. The first kappa shape index (κ1) is 21.1. The van der Waals surface area contributed by atoms with Gasteiger partial charge in [-0.05, 0) is 36.8 Å². The molecule has 2 aromatic rings. The third-order valence-corrected chi connectivity index (χ3v) is 7.06. The van der Waals surface area contributed by atoms with E-state index in [-0.39, 0.29) is 41.4 Å². The second kappa shape index (κ2) is 7.95. The van der Waals surface area contributed by atoms with Gasteiger partial charge >= 0.3 is 0 Å². The molecule has 1 aliphatic heterocycles. The van der Waals surface area contributed by atoms with Crippen molar-refractivity contribution < 1.29 is 19.3 Å². The standard InChI is InChI=1S/C25H23N3O5/c1-14-7-10-18(13-19(14)28(32)33)26-23(29)20(11-15-5-3-2-4-6-15)27-24(30)21-16-8-9-17(12-16)22(21)25(27)31/h2-10,13,16-17,20-22H,11-12H2,1H3,(H,26,29)/t16-,17+,20-,21-,22+/m0/s1. The number of nitrogens with one attached hydrogen (secondary N) is 1. The second-order valence-corrected chi connectivity index (χ2v) is 9.00. The average Bonchev–Trinajstić information content (AvgIpc) is 3.48. The number of hydrogen-bond acceptors (Lipinski definition) is 5. The lowest BCUT2D eigenvalue weighted by atomic mass is 9.85. The second-order valence-electron chi connectivity index (χ2n) is 9.00. The van der Waals surface area contributed by atoms with Gasteiger partial charge in [0.15, 0.2) is 0 Å². The SMILES string of the molecule is Cc1ccc(NC(=O)[C@H](Cc2ccccc2)N2C(=O)[C@@H]3[C@H](C2=O)[C@@H]2C=C[C@H]3C2)cc1[N+](=O)[O-]. The summed E-state index contributed by atoms with van der Waals surface area (Å²) >= 11 is 0. The van der Waals surface area contributed by atoms with E-state index in [4.69, 9.17) is 0 Å². The Bertz CT molecular complexity index is 1160. The lowest BCUT2D eigenvalue weighted by Crippen LogP contribution is -2.49. The molecule has 0 radical (unpaired) electrons. The summed E-state index contributed by atoms with van der Waals surface area (Å²) in [6.45, 7) is 1.62. The highest BCUT2D eigenvalue weighted by Gasteiger charge is 2.61. The van der Waals surface area contributed by atoms with E-state index in [2.05, 4.69) is 5.32 Å². The van der Waals surface area contributed by atoms with E-state index in [0.29, 0.717) is 5.56 Å². The molecule has 5 atom stereocenters. The molecule has 0 spiro atoms. The molecule has 168 valence electrons. The Balaban J connectivity index is 1.46. The summed E-state index contributed by atoms with van der Waals surface area (Å²) in [4.78, 5) is 52.1. The van der Waals surface area contributed by atoms with Crippen LogP contribution in [0, 0.1) is 40.7 Å². The number of likely N-dealkylation sites (tertiary alicyclic amines) is 1. The van der Waals surface area contributed by atoms with Crippen LogP contribution in [-0.2, 0) is 20.8 Å². The fraction of sp³-hybridized carbons (Fsp3) is 0.320. The van der Waals surface area contributed by atoms with Gasteiger partial charge in [0.05, 0.1) is 16.8 Å². The number of hydrogen-bond donors (Lipinski definition) is 1. The summed E-state index contributed by atoms with van der Waals surface area (Å²) in [5.41, 5.74) is 1.42. The van der Waals surface area contributed by atoms with Gasteiger partial charge in [-0.15, -0.1) is 0 Å². The first-order valence-electron chi connectivity index (χ1n) is 11.0. The fourth-order valence-electron chi connectivity index (χ4n) is 5.48. The molecule has 2 aliphatic carbocycles. The van der Waals surface area contributed by atoms with E-state index >= 15 is 0 Å². The number of allylic oxidation sites excluding steroid dienone is 2. The fourth-order valence-corrected chi connectivity index (χ4v) is 5.48. The number of nitrogens with zero attached hydrogens (tertiary/aromatic N) is 2. The van der Waals surface area contributed by atoms with Crippen molar-refractivity contribution in [1.82, 2.24) is 4.90 Å². The van der Waals surface area contributed by atoms with Crippen LogP contribution in [0.3, 0.4) is 0 Å². The zero-order chi connectivity index (χ0) is 23.3. The Labute approximate surface area is 190 Å². The molecule has 1 heterocycles. The summed E-state index contributed by atoms with van der Waals surface area (Å²) in [7, 11) is 0. The lowest BCUT2D eigenvalue weighted by molar-refractivity contribution is -0.385. The molecule has 33 heavy (non-hydrogen) atoms. The number of anilines is 1. The molecule has 8 heteroatoms. The van der Waals surface area contributed by atoms with Crippen LogP contribution in [0.2, 0.25) is 0 Å². The topological polar surface area (TPSA) is 110 Å². The molecule has 8 nitrogen and oxygen atoms in total. The Morgan fingerprint density at radius 3 is 2.33 bits per heavy atom. The first-order chi connectivity index (χ1) is 15.8. The Morgan fingerprint density at radius 2 is 1.73 bits per heavy atom. The molecule has 2 aromatic carbocycles. The van der Waals surface area contributed by atoms with E-state index in [1.54, 1.807) is 19.1 Å². The van der Waals surface area contributed by atoms with Crippen LogP contribution < -0.4 is 5.32 Å². The van der Waals surface area contributed by atoms with Gasteiger partial charge in [-0.25, -0.2) is 0 Å². The number of aryl methyl sites for hydroxylation is 1. The molecule has 3 amide bonds. The van der Waals surface area contributed by atoms with E-state index < -0.39 is 28.7 Å². The van der Waals surface area contributed by atoms with Gasteiger partial charge in [-0.2, -0.15) is 0 Å². The van der Waals surface area contributed by atoms with E-state index in [0.717, 1.165) is 16.9 Å². The van der Waals surface area contributed by atoms with Crippen molar-refractivity contribution >= 4 is 29.1 Å². The minimum absolute atomic E-state index is 0.0432. The van der Waals surface area contributed by atoms with E-state index in [1.807, 2.05) is 42.5 Å². The maximum Gasteiger partial charge on any atom is 0.274 e. The third-order valence-electron chi connectivity index (χ3n) is 7.06. The number of fused-ring (bicyclic) bond motifs is 5. The average molecular weight is 445 g/mol. The smallest absolute Gasteiger partial charge is 0.274 e. The number of rotatable bonds is 6. The van der Waals surface area contributed by atoms with E-state index in [1.165, 1.54) is 6.07 Å². The molecule has 3 aliphatic rings. The number of imide groups is 1. The predicted molar refractivity (Wildman–Crippen MR) is 120 cm³/mol. The Hall–Kier alpha value is -3.81. The van der Waals surface area contributed by atoms with Gasteiger partial charge in [0.2, 0.25) is 17.7 Å². The van der Waals surface area contributed by atoms with Crippen molar-refractivity contribution in [3.8, 4) is 0 Å². The highest BCUT2D eigenvalue weighted by atomic mass is 16.6. The monoisotopic (exact) mass is 445 g/mol. The highest BCUT2D eigenvalue weighted by molar-refractivity contribution is 6.11. The predicted octanol–water partition coefficient (Wildman–Crippen LogP) is 3.26. The van der Waals surface area contributed by atoms with Crippen LogP contribution in [0.5, 0.6) is 0 Å². The summed E-state index contributed by atoms with van der Waals surface area (Å²) in [5, 5.41) is 14.0. The molecule has 1 saturated heterocycles. The molecule has 0 unspecified atom stereocenters. The molecule has 2 fully saturated rings. The van der Waals surface area contributed by atoms with Crippen molar-refractivity contribution in [1.29, 1.82) is 0 Å². The van der Waals surface area contributed by atoms with Crippen molar-refractivity contribution in [2.24, 2.45) is 23.7 Å². The normalized spacial score (nSPS) is 25.9. The van der Waals surface area contributed by atoms with Crippen LogP contribution in [0.4, 0.5) is 11.4 Å². The van der Waals surface area contributed by atoms with Crippen molar-refractivity contribution in [3.05, 3.63) is 81.9 Å². The van der Waals surface area contributed by atoms with Crippen LogP contribution in [0.1, 0.15) is 17.5 Å². The number of amides is 3. The summed E-state index contributed by atoms with van der Waals surface area (Å²) < 4.78 is 0. The molecular formula is C25H23N3O5. The molecule has 5 rings (SSSR count). The van der Waals surface area contributed by atoms with Crippen LogP contribution in [-0.4, -0.2) is 33.6 Å². The van der Waals surface area contributed by atoms with Gasteiger partial charge in [-0.1, -0.05) is 48.6 Å². The van der Waals surface area contributed by atoms with E-state index in [9.17, 15) is 24.5 Å². The number of carbonyl (C=O) groups excluding carboxylic acids is 3. The van der Waals surface area contributed by atoms with Crippen LogP contribution in [0.15, 0.2) is 60.7 Å². The molecule has 2 bridgehead atoms. The molecule has 0 aromatic heterocycles. The summed E-state index contributed by atoms with van der Waals surface area (Å²) in [6.07, 6.45) is 5.00. The Morgan fingerprint density at radius 1 is 1.09 bits per heavy atom. The lowest BCUT2D eigenvalue weighted by Gasteiger charge is -2.27. The molecule has 1 N–H and O–H groups in total. The highest BCUT2D eigenvalue weighted by Crippen LogP contribution is 2.53. The van der Waals surface area contributed by atoms with Gasteiger partial charge in [0.1, 0.15) is 6.04 Å². The number of benzene rings is 2. The zero-order valence-electron chi connectivity index (χ0n) is 18.0. The molecular weight excluding hydrogens is 422 g/mol. The number of carbonyl (C=O) groups is 3. The van der Waals surface area contributed by atoms with Gasteiger partial charge < -0.3 is 5.32 Å². The molecule has 1 saturated carbocycles. The number of nitro benzene ring substituents is 1. The quantitative estimate of drug-likeness (QED) is 0.318. The third kappa shape index (κ3) is 3.51. The zero-order valence-corrected chi connectivity index (χ0v) is 18.0. The van der Waals surface area contributed by atoms with Gasteiger partial charge in [0, 0.05) is 23.7 Å². The maximum atomic E-state index is 13.4. The van der Waals surface area contributed by atoms with Gasteiger partial charge in [-0.3, -0.25) is 29.4 Å². The van der Waals surface area contributed by atoms with Gasteiger partial charge in [0.25, 0.3) is 5.69 Å². The van der Waals surface area contributed by atoms with Crippen LogP contribution in [0.25, 0.3) is 0 Å². The maximum absolute atomic E-state index is 13.4. The number of nitro groups is 1. The van der Waals surface area contributed by atoms with Crippen molar-refractivity contribution in [3.63, 3.8) is 0 Å². The Kier molecular flexibility index (Phi) is 5.08. The van der Waals surface area contributed by atoms with Crippen molar-refractivity contribution in [2.45, 2.75) is 25.8 Å².